The van der Waals surface area contributed by atoms with E-state index in [0.717, 1.165) is 12.5 Å². The van der Waals surface area contributed by atoms with E-state index in [2.05, 4.69) is 24.1 Å². The number of hydrogen-bond acceptors (Lipinski definition) is 2. The molecule has 0 aliphatic heterocycles. The van der Waals surface area contributed by atoms with E-state index in [9.17, 15) is 0 Å². The zero-order chi connectivity index (χ0) is 9.52. The van der Waals surface area contributed by atoms with Crippen molar-refractivity contribution in [1.29, 1.82) is 0 Å². The van der Waals surface area contributed by atoms with E-state index in [4.69, 9.17) is 0 Å². The van der Waals surface area contributed by atoms with E-state index in [-0.39, 0.29) is 0 Å². The van der Waals surface area contributed by atoms with Crippen LogP contribution in [0.15, 0.2) is 0 Å². The largest absolute Gasteiger partial charge is 0.317 e. The first-order chi connectivity index (χ1) is 6.36. The molecule has 13 heavy (non-hydrogen) atoms. The van der Waals surface area contributed by atoms with Crippen LogP contribution < -0.4 is 5.32 Å². The number of hydrogen-bond donors (Lipinski definition) is 1. The van der Waals surface area contributed by atoms with Crippen LogP contribution in [0.4, 0.5) is 0 Å². The predicted molar refractivity (Wildman–Crippen MR) is 58.0 cm³/mol. The first kappa shape index (κ1) is 11.0. The van der Waals surface area contributed by atoms with Crippen LogP contribution in [-0.2, 0) is 0 Å². The molecule has 1 N–H and O–H groups in total. The summed E-state index contributed by atoms with van der Waals surface area (Å²) in [6.07, 6.45) is 4.25. The third kappa shape index (κ3) is 5.27. The molecule has 1 aliphatic rings. The smallest absolute Gasteiger partial charge is 0.000955 e. The second-order valence-corrected chi connectivity index (χ2v) is 4.04. The number of nitrogens with zero attached hydrogens (tertiary/aromatic N) is 1. The average molecular weight is 184 g/mol. The summed E-state index contributed by atoms with van der Waals surface area (Å²) in [4.78, 5) is 2.59. The third-order valence-electron chi connectivity index (χ3n) is 2.74. The Kier molecular flexibility index (Phi) is 5.40. The van der Waals surface area contributed by atoms with Gasteiger partial charge in [-0.1, -0.05) is 13.8 Å². The zero-order valence-electron chi connectivity index (χ0n) is 9.18. The quantitative estimate of drug-likeness (QED) is 0.578. The molecule has 0 aromatic rings. The van der Waals surface area contributed by atoms with E-state index >= 15 is 0 Å². The molecule has 2 heteroatoms. The molecule has 0 heterocycles. The molecule has 1 rings (SSSR count). The predicted octanol–water partition coefficient (Wildman–Crippen LogP) is 1.72. The van der Waals surface area contributed by atoms with Crippen LogP contribution in [0.2, 0.25) is 0 Å². The van der Waals surface area contributed by atoms with Crippen molar-refractivity contribution < 1.29 is 0 Å². The monoisotopic (exact) mass is 184 g/mol. The molecule has 0 radical (unpaired) electrons. The van der Waals surface area contributed by atoms with Gasteiger partial charge in [0.05, 0.1) is 0 Å². The van der Waals surface area contributed by atoms with E-state index < -0.39 is 0 Å². The lowest BCUT2D eigenvalue weighted by Gasteiger charge is -2.19. The fourth-order valence-electron chi connectivity index (χ4n) is 1.65. The van der Waals surface area contributed by atoms with Crippen LogP contribution in [0.1, 0.15) is 33.1 Å². The lowest BCUT2D eigenvalue weighted by molar-refractivity contribution is 0.272. The fraction of sp³-hybridized carbons (Fsp3) is 1.00. The third-order valence-corrected chi connectivity index (χ3v) is 2.74. The van der Waals surface area contributed by atoms with Gasteiger partial charge in [-0.05, 0) is 51.4 Å². The molecule has 1 saturated carbocycles. The Hall–Kier alpha value is -0.0800. The van der Waals surface area contributed by atoms with E-state index in [1.54, 1.807) is 0 Å². The van der Waals surface area contributed by atoms with Crippen molar-refractivity contribution in [3.8, 4) is 0 Å². The van der Waals surface area contributed by atoms with Crippen molar-refractivity contribution in [2.75, 3.05) is 32.7 Å². The number of rotatable bonds is 8. The van der Waals surface area contributed by atoms with Crippen LogP contribution in [0.5, 0.6) is 0 Å². The lowest BCUT2D eigenvalue weighted by Crippen LogP contribution is -2.29. The van der Waals surface area contributed by atoms with Crippen molar-refractivity contribution in [2.24, 2.45) is 5.92 Å². The fourth-order valence-corrected chi connectivity index (χ4v) is 1.65. The highest BCUT2D eigenvalue weighted by Crippen LogP contribution is 2.29. The van der Waals surface area contributed by atoms with Gasteiger partial charge in [0.15, 0.2) is 0 Å². The highest BCUT2D eigenvalue weighted by molar-refractivity contribution is 4.76. The summed E-state index contributed by atoms with van der Waals surface area (Å²) in [6.45, 7) is 10.6. The maximum absolute atomic E-state index is 3.37. The molecule has 0 amide bonds. The Balaban J connectivity index is 1.94. The number of nitrogens with one attached hydrogen (secondary N) is 1. The molecule has 1 aliphatic carbocycles. The van der Waals surface area contributed by atoms with Gasteiger partial charge in [-0.3, -0.25) is 0 Å². The average Bonchev–Trinajstić information content (AvgIpc) is 2.94. The molecule has 0 aromatic carbocycles. The van der Waals surface area contributed by atoms with Gasteiger partial charge in [-0.15, -0.1) is 0 Å². The second kappa shape index (κ2) is 6.39. The minimum atomic E-state index is 1.04. The van der Waals surface area contributed by atoms with Crippen LogP contribution in [0.25, 0.3) is 0 Å². The van der Waals surface area contributed by atoms with Gasteiger partial charge in [0.2, 0.25) is 0 Å². The molecule has 0 spiro atoms. The summed E-state index contributed by atoms with van der Waals surface area (Å²) in [7, 11) is 0. The molecule has 0 unspecified atom stereocenters. The Bertz CT molecular complexity index is 121. The van der Waals surface area contributed by atoms with Crippen LogP contribution in [-0.4, -0.2) is 37.6 Å². The summed E-state index contributed by atoms with van der Waals surface area (Å²) in [5.41, 5.74) is 0. The van der Waals surface area contributed by atoms with Crippen LogP contribution in [0.3, 0.4) is 0 Å². The molecule has 0 atom stereocenters. The molecule has 1 fully saturated rings. The van der Waals surface area contributed by atoms with Crippen molar-refractivity contribution in [3.05, 3.63) is 0 Å². The normalized spacial score (nSPS) is 16.8. The van der Waals surface area contributed by atoms with Crippen molar-refractivity contribution in [1.82, 2.24) is 10.2 Å². The van der Waals surface area contributed by atoms with Gasteiger partial charge in [-0.2, -0.15) is 0 Å². The van der Waals surface area contributed by atoms with Crippen LogP contribution in [0, 0.1) is 5.92 Å². The van der Waals surface area contributed by atoms with Gasteiger partial charge in [0.1, 0.15) is 0 Å². The SMILES string of the molecule is CCNCCCN(CC)CC1CC1. The van der Waals surface area contributed by atoms with E-state index in [0.29, 0.717) is 0 Å². The Morgan fingerprint density at radius 2 is 2.08 bits per heavy atom. The topological polar surface area (TPSA) is 15.3 Å². The van der Waals surface area contributed by atoms with Gasteiger partial charge in [0.25, 0.3) is 0 Å². The summed E-state index contributed by atoms with van der Waals surface area (Å²) in [6, 6.07) is 0. The maximum atomic E-state index is 3.37. The summed E-state index contributed by atoms with van der Waals surface area (Å²) < 4.78 is 0. The standard InChI is InChI=1S/C11H24N2/c1-3-12-8-5-9-13(4-2)10-11-6-7-11/h11-12H,3-10H2,1-2H3. The lowest BCUT2D eigenvalue weighted by atomic mass is 10.3. The molecular formula is C11H24N2. The van der Waals surface area contributed by atoms with Gasteiger partial charge < -0.3 is 10.2 Å². The highest BCUT2D eigenvalue weighted by atomic mass is 15.1. The molecule has 0 bridgehead atoms. The zero-order valence-corrected chi connectivity index (χ0v) is 9.18. The van der Waals surface area contributed by atoms with Crippen LogP contribution >= 0.6 is 0 Å². The molecule has 0 aromatic heterocycles. The molecule has 2 nitrogen and oxygen atoms in total. The Morgan fingerprint density at radius 1 is 1.31 bits per heavy atom. The summed E-state index contributed by atoms with van der Waals surface area (Å²) >= 11 is 0. The summed E-state index contributed by atoms with van der Waals surface area (Å²) in [5.74, 6) is 1.04. The van der Waals surface area contributed by atoms with Crippen molar-refractivity contribution in [3.63, 3.8) is 0 Å². The van der Waals surface area contributed by atoms with E-state index in [1.807, 2.05) is 0 Å². The van der Waals surface area contributed by atoms with Gasteiger partial charge in [-0.25, -0.2) is 0 Å². The molecule has 0 saturated heterocycles. The first-order valence-corrected chi connectivity index (χ1v) is 5.79. The van der Waals surface area contributed by atoms with Crippen molar-refractivity contribution in [2.45, 2.75) is 33.1 Å². The second-order valence-electron chi connectivity index (χ2n) is 4.04. The van der Waals surface area contributed by atoms with Gasteiger partial charge >= 0.3 is 0 Å². The molecular weight excluding hydrogens is 160 g/mol. The highest BCUT2D eigenvalue weighted by Gasteiger charge is 2.23. The Labute approximate surface area is 82.7 Å². The van der Waals surface area contributed by atoms with Crippen molar-refractivity contribution >= 4 is 0 Å². The minimum Gasteiger partial charge on any atom is -0.317 e. The molecule has 78 valence electrons. The maximum Gasteiger partial charge on any atom is 0.000955 e. The Morgan fingerprint density at radius 3 is 2.62 bits per heavy atom. The summed E-state index contributed by atoms with van der Waals surface area (Å²) in [5, 5.41) is 3.37. The first-order valence-electron chi connectivity index (χ1n) is 5.79. The minimum absolute atomic E-state index is 1.04. The van der Waals surface area contributed by atoms with Gasteiger partial charge in [0, 0.05) is 6.54 Å². The van der Waals surface area contributed by atoms with E-state index in [1.165, 1.54) is 45.4 Å².